The molecule has 0 spiro atoms. The first-order valence-electron chi connectivity index (χ1n) is 8.00. The Hall–Kier alpha value is -2.82. The molecule has 2 aromatic carbocycles. The van der Waals surface area contributed by atoms with Crippen molar-refractivity contribution >= 4 is 17.5 Å². The lowest BCUT2D eigenvalue weighted by Crippen LogP contribution is -2.43. The molecule has 5 heteroatoms. The van der Waals surface area contributed by atoms with Crippen molar-refractivity contribution in [3.63, 3.8) is 0 Å². The van der Waals surface area contributed by atoms with Crippen molar-refractivity contribution in [2.45, 2.75) is 12.8 Å². The van der Waals surface area contributed by atoms with Gasteiger partial charge in [0.1, 0.15) is 5.75 Å². The standard InChI is InChI=1S/C19H20N2O3/c1-24-17-9-5-3-7-15(17)10-12-20-18(22)19(23)21-13-11-14-6-2-4-8-16(14)21/h2-9H,10-13H2,1H3,(H,20,22). The Morgan fingerprint density at radius 1 is 1.12 bits per heavy atom. The fraction of sp³-hybridized carbons (Fsp3) is 0.263. The summed E-state index contributed by atoms with van der Waals surface area (Å²) in [4.78, 5) is 26.1. The summed E-state index contributed by atoms with van der Waals surface area (Å²) in [5, 5.41) is 2.70. The number of rotatable bonds is 4. The number of nitrogens with zero attached hydrogens (tertiary/aromatic N) is 1. The van der Waals surface area contributed by atoms with Crippen LogP contribution in [-0.4, -0.2) is 32.0 Å². The Morgan fingerprint density at radius 3 is 2.71 bits per heavy atom. The van der Waals surface area contributed by atoms with E-state index < -0.39 is 11.8 Å². The number of nitrogens with one attached hydrogen (secondary N) is 1. The van der Waals surface area contributed by atoms with Crippen LogP contribution in [0.3, 0.4) is 0 Å². The van der Waals surface area contributed by atoms with E-state index in [0.717, 1.165) is 29.0 Å². The third-order valence-electron chi connectivity index (χ3n) is 4.20. The molecular formula is C19H20N2O3. The minimum Gasteiger partial charge on any atom is -0.496 e. The lowest BCUT2D eigenvalue weighted by molar-refractivity contribution is -0.137. The largest absolute Gasteiger partial charge is 0.496 e. The number of amides is 2. The highest BCUT2D eigenvalue weighted by molar-refractivity contribution is 6.40. The van der Waals surface area contributed by atoms with Crippen LogP contribution in [0, 0.1) is 0 Å². The van der Waals surface area contributed by atoms with E-state index in [1.165, 1.54) is 0 Å². The van der Waals surface area contributed by atoms with Crippen molar-refractivity contribution in [2.75, 3.05) is 25.1 Å². The topological polar surface area (TPSA) is 58.6 Å². The van der Waals surface area contributed by atoms with E-state index in [1.54, 1.807) is 12.0 Å². The predicted molar refractivity (Wildman–Crippen MR) is 92.2 cm³/mol. The Kier molecular flexibility index (Phi) is 4.79. The van der Waals surface area contributed by atoms with Gasteiger partial charge in [0.15, 0.2) is 0 Å². The number of fused-ring (bicyclic) bond motifs is 1. The van der Waals surface area contributed by atoms with Crippen LogP contribution in [0.5, 0.6) is 5.75 Å². The van der Waals surface area contributed by atoms with Crippen LogP contribution in [0.25, 0.3) is 0 Å². The summed E-state index contributed by atoms with van der Waals surface area (Å²) in [6.07, 6.45) is 1.40. The van der Waals surface area contributed by atoms with E-state index in [2.05, 4.69) is 5.32 Å². The molecule has 2 aromatic rings. The first-order chi connectivity index (χ1) is 11.7. The molecular weight excluding hydrogens is 304 g/mol. The van der Waals surface area contributed by atoms with Gasteiger partial charge < -0.3 is 15.0 Å². The highest BCUT2D eigenvalue weighted by Gasteiger charge is 2.28. The van der Waals surface area contributed by atoms with Gasteiger partial charge in [0.25, 0.3) is 0 Å². The number of anilines is 1. The number of hydrogen-bond acceptors (Lipinski definition) is 3. The number of hydrogen-bond donors (Lipinski definition) is 1. The number of benzene rings is 2. The van der Waals surface area contributed by atoms with E-state index in [4.69, 9.17) is 4.74 Å². The number of para-hydroxylation sites is 2. The number of ether oxygens (including phenoxy) is 1. The summed E-state index contributed by atoms with van der Waals surface area (Å²) in [6.45, 7) is 0.943. The second kappa shape index (κ2) is 7.17. The van der Waals surface area contributed by atoms with Crippen molar-refractivity contribution in [1.29, 1.82) is 0 Å². The van der Waals surface area contributed by atoms with Gasteiger partial charge in [-0.1, -0.05) is 36.4 Å². The fourth-order valence-corrected chi connectivity index (χ4v) is 2.97. The highest BCUT2D eigenvalue weighted by atomic mass is 16.5. The van der Waals surface area contributed by atoms with Gasteiger partial charge in [-0.05, 0) is 36.1 Å². The van der Waals surface area contributed by atoms with Gasteiger partial charge in [0.05, 0.1) is 7.11 Å². The zero-order chi connectivity index (χ0) is 16.9. The van der Waals surface area contributed by atoms with Crippen molar-refractivity contribution in [3.05, 3.63) is 59.7 Å². The third-order valence-corrected chi connectivity index (χ3v) is 4.20. The zero-order valence-corrected chi connectivity index (χ0v) is 13.6. The SMILES string of the molecule is COc1ccccc1CCNC(=O)C(=O)N1CCc2ccccc21. The average molecular weight is 324 g/mol. The maximum Gasteiger partial charge on any atom is 0.316 e. The van der Waals surface area contributed by atoms with Crippen LogP contribution in [-0.2, 0) is 22.4 Å². The van der Waals surface area contributed by atoms with E-state index in [-0.39, 0.29) is 0 Å². The van der Waals surface area contributed by atoms with Gasteiger partial charge in [0, 0.05) is 18.8 Å². The smallest absolute Gasteiger partial charge is 0.316 e. The zero-order valence-electron chi connectivity index (χ0n) is 13.6. The van der Waals surface area contributed by atoms with Crippen molar-refractivity contribution in [3.8, 4) is 5.75 Å². The van der Waals surface area contributed by atoms with Crippen molar-refractivity contribution in [2.24, 2.45) is 0 Å². The van der Waals surface area contributed by atoms with E-state index in [0.29, 0.717) is 19.5 Å². The monoisotopic (exact) mass is 324 g/mol. The van der Waals surface area contributed by atoms with Crippen LogP contribution in [0.4, 0.5) is 5.69 Å². The second-order valence-electron chi connectivity index (χ2n) is 5.65. The van der Waals surface area contributed by atoms with Gasteiger partial charge in [-0.3, -0.25) is 9.59 Å². The number of carbonyl (C=O) groups is 2. The third kappa shape index (κ3) is 3.25. The highest BCUT2D eigenvalue weighted by Crippen LogP contribution is 2.27. The Bertz CT molecular complexity index is 758. The molecule has 2 amide bonds. The first kappa shape index (κ1) is 16.1. The van der Waals surface area contributed by atoms with Gasteiger partial charge in [-0.25, -0.2) is 0 Å². The quantitative estimate of drug-likeness (QED) is 0.875. The van der Waals surface area contributed by atoms with Gasteiger partial charge >= 0.3 is 11.8 Å². The minimum absolute atomic E-state index is 0.389. The van der Waals surface area contributed by atoms with Crippen molar-refractivity contribution < 1.29 is 14.3 Å². The lowest BCUT2D eigenvalue weighted by Gasteiger charge is -2.16. The Balaban J connectivity index is 1.57. The second-order valence-corrected chi connectivity index (χ2v) is 5.65. The summed E-state index contributed by atoms with van der Waals surface area (Å²) in [6, 6.07) is 15.3. The summed E-state index contributed by atoms with van der Waals surface area (Å²) in [7, 11) is 1.62. The van der Waals surface area contributed by atoms with Gasteiger partial charge in [0.2, 0.25) is 0 Å². The predicted octanol–water partition coefficient (Wildman–Crippen LogP) is 1.94. The number of carbonyl (C=O) groups excluding carboxylic acids is 2. The normalized spacial score (nSPS) is 12.6. The molecule has 5 nitrogen and oxygen atoms in total. The Morgan fingerprint density at radius 2 is 1.88 bits per heavy atom. The molecule has 124 valence electrons. The average Bonchev–Trinajstić information content (AvgIpc) is 3.05. The molecule has 1 N–H and O–H groups in total. The minimum atomic E-state index is -0.568. The maximum atomic E-state index is 12.4. The van der Waals surface area contributed by atoms with Gasteiger partial charge in [-0.2, -0.15) is 0 Å². The van der Waals surface area contributed by atoms with Crippen LogP contribution in [0.1, 0.15) is 11.1 Å². The molecule has 0 fully saturated rings. The van der Waals surface area contributed by atoms with Gasteiger partial charge in [-0.15, -0.1) is 0 Å². The van der Waals surface area contributed by atoms with Crippen LogP contribution >= 0.6 is 0 Å². The maximum absolute atomic E-state index is 12.4. The molecule has 1 aliphatic heterocycles. The van der Waals surface area contributed by atoms with Crippen molar-refractivity contribution in [1.82, 2.24) is 5.32 Å². The number of methoxy groups -OCH3 is 1. The molecule has 0 saturated carbocycles. The molecule has 0 bridgehead atoms. The van der Waals surface area contributed by atoms with Crippen LogP contribution in [0.2, 0.25) is 0 Å². The summed E-state index contributed by atoms with van der Waals surface area (Å²) < 4.78 is 5.28. The molecule has 1 heterocycles. The molecule has 0 radical (unpaired) electrons. The molecule has 0 unspecified atom stereocenters. The molecule has 0 aromatic heterocycles. The summed E-state index contributed by atoms with van der Waals surface area (Å²) >= 11 is 0. The van der Waals surface area contributed by atoms with Crippen LogP contribution < -0.4 is 15.0 Å². The molecule has 24 heavy (non-hydrogen) atoms. The van der Waals surface area contributed by atoms with E-state index in [9.17, 15) is 9.59 Å². The molecule has 0 saturated heterocycles. The summed E-state index contributed by atoms with van der Waals surface area (Å²) in [5.74, 6) is -0.284. The first-order valence-corrected chi connectivity index (χ1v) is 8.00. The molecule has 0 aliphatic carbocycles. The van der Waals surface area contributed by atoms with E-state index in [1.807, 2.05) is 48.5 Å². The molecule has 0 atom stereocenters. The fourth-order valence-electron chi connectivity index (χ4n) is 2.97. The van der Waals surface area contributed by atoms with E-state index >= 15 is 0 Å². The summed E-state index contributed by atoms with van der Waals surface area (Å²) in [5.41, 5.74) is 2.94. The molecule has 1 aliphatic rings. The Labute approximate surface area is 141 Å². The lowest BCUT2D eigenvalue weighted by atomic mass is 10.1. The molecule has 3 rings (SSSR count). The van der Waals surface area contributed by atoms with Crippen LogP contribution in [0.15, 0.2) is 48.5 Å².